The Bertz CT molecular complexity index is 830. The number of carbonyl (C=O) groups excluding carboxylic acids is 1. The van der Waals surface area contributed by atoms with E-state index in [0.29, 0.717) is 15.9 Å². The molecular formula is C17H15N3O2S. The molecule has 1 aliphatic rings. The molecule has 2 aromatic rings. The number of aromatic hydroxyl groups is 1. The first kappa shape index (κ1) is 15.3. The molecule has 2 heterocycles. The largest absolute Gasteiger partial charge is 0.508 e. The molecule has 1 saturated heterocycles. The maximum absolute atomic E-state index is 12.3. The first-order valence-electron chi connectivity index (χ1n) is 7.02. The van der Waals surface area contributed by atoms with Gasteiger partial charge in [0.05, 0.1) is 4.91 Å². The molecule has 0 unspecified atom stereocenters. The number of benzene rings is 1. The van der Waals surface area contributed by atoms with E-state index in [1.807, 2.05) is 25.1 Å². The van der Waals surface area contributed by atoms with Crippen molar-refractivity contribution < 1.29 is 9.90 Å². The molecule has 1 amide bonds. The second-order valence-electron chi connectivity index (χ2n) is 5.10. The molecule has 1 fully saturated rings. The Kier molecular flexibility index (Phi) is 4.16. The Morgan fingerprint density at radius 1 is 1.26 bits per heavy atom. The van der Waals surface area contributed by atoms with Crippen LogP contribution >= 0.6 is 11.8 Å². The number of hydrogen-bond donors (Lipinski definition) is 1. The summed E-state index contributed by atoms with van der Waals surface area (Å²) >= 11 is 1.29. The number of carbonyl (C=O) groups is 1. The number of aromatic nitrogens is 1. The monoisotopic (exact) mass is 325 g/mol. The molecule has 3 rings (SSSR count). The van der Waals surface area contributed by atoms with E-state index in [9.17, 15) is 9.90 Å². The summed E-state index contributed by atoms with van der Waals surface area (Å²) in [5, 5.41) is 10.1. The number of nitrogens with zero attached hydrogens (tertiary/aromatic N) is 3. The van der Waals surface area contributed by atoms with Crippen molar-refractivity contribution in [3.63, 3.8) is 0 Å². The highest BCUT2D eigenvalue weighted by molar-refractivity contribution is 8.18. The number of rotatable bonds is 2. The van der Waals surface area contributed by atoms with Crippen LogP contribution in [0.4, 0.5) is 5.82 Å². The van der Waals surface area contributed by atoms with E-state index < -0.39 is 0 Å². The van der Waals surface area contributed by atoms with Crippen molar-refractivity contribution in [2.75, 3.05) is 7.05 Å². The number of pyridine rings is 1. The third-order valence-corrected chi connectivity index (χ3v) is 4.32. The Labute approximate surface area is 138 Å². The van der Waals surface area contributed by atoms with Gasteiger partial charge in [-0.05, 0) is 54.6 Å². The second-order valence-corrected chi connectivity index (χ2v) is 6.11. The van der Waals surface area contributed by atoms with E-state index in [1.165, 1.54) is 16.7 Å². The minimum absolute atomic E-state index is 0.121. The Hall–Kier alpha value is -2.60. The number of likely N-dealkylation sites (N-methyl/N-ethyl adjacent to an activating group) is 1. The van der Waals surface area contributed by atoms with Crippen molar-refractivity contribution >= 4 is 34.7 Å². The predicted octanol–water partition coefficient (Wildman–Crippen LogP) is 3.33. The SMILES string of the molecule is Cc1cccc(/N=C2/S/C(=C\c3cccc(O)c3)C(=O)N2C)n1. The molecule has 1 aromatic carbocycles. The molecule has 1 aliphatic heterocycles. The standard InChI is InChI=1S/C17H15N3O2S/c1-11-5-3-8-15(18-11)19-17-20(2)16(22)14(23-17)10-12-6-4-7-13(21)9-12/h3-10,21H,1-2H3/b14-10-,19-17+. The number of aliphatic imine (C=N–C) groups is 1. The average Bonchev–Trinajstić information content (AvgIpc) is 2.76. The van der Waals surface area contributed by atoms with Gasteiger partial charge < -0.3 is 5.11 Å². The normalized spacial score (nSPS) is 18.2. The second kappa shape index (κ2) is 6.26. The van der Waals surface area contributed by atoms with Crippen LogP contribution in [0, 0.1) is 6.92 Å². The topological polar surface area (TPSA) is 65.8 Å². The molecule has 0 aliphatic carbocycles. The maximum Gasteiger partial charge on any atom is 0.266 e. The fourth-order valence-electron chi connectivity index (χ4n) is 2.11. The van der Waals surface area contributed by atoms with Gasteiger partial charge in [-0.2, -0.15) is 0 Å². The lowest BCUT2D eigenvalue weighted by Gasteiger charge is -2.06. The van der Waals surface area contributed by atoms with Gasteiger partial charge >= 0.3 is 0 Å². The van der Waals surface area contributed by atoms with Crippen molar-refractivity contribution in [2.24, 2.45) is 4.99 Å². The molecular weight excluding hydrogens is 310 g/mol. The van der Waals surface area contributed by atoms with Crippen LogP contribution in [0.25, 0.3) is 6.08 Å². The van der Waals surface area contributed by atoms with Crippen LogP contribution in [0.3, 0.4) is 0 Å². The van der Waals surface area contributed by atoms with Gasteiger partial charge in [0.25, 0.3) is 5.91 Å². The maximum atomic E-state index is 12.3. The number of amides is 1. The van der Waals surface area contributed by atoms with Crippen LogP contribution in [-0.4, -0.2) is 33.1 Å². The molecule has 1 N–H and O–H groups in total. The van der Waals surface area contributed by atoms with Gasteiger partial charge in [-0.3, -0.25) is 9.69 Å². The molecule has 1 aromatic heterocycles. The van der Waals surface area contributed by atoms with Crippen molar-refractivity contribution in [2.45, 2.75) is 6.92 Å². The molecule has 0 spiro atoms. The summed E-state index contributed by atoms with van der Waals surface area (Å²) in [6, 6.07) is 12.3. The fourth-order valence-corrected chi connectivity index (χ4v) is 3.08. The molecule has 0 bridgehead atoms. The van der Waals surface area contributed by atoms with Crippen molar-refractivity contribution in [1.82, 2.24) is 9.88 Å². The zero-order valence-corrected chi connectivity index (χ0v) is 13.5. The summed E-state index contributed by atoms with van der Waals surface area (Å²) < 4.78 is 0. The van der Waals surface area contributed by atoms with Crippen molar-refractivity contribution in [3.8, 4) is 5.75 Å². The van der Waals surface area contributed by atoms with Gasteiger partial charge in [-0.25, -0.2) is 9.98 Å². The van der Waals surface area contributed by atoms with Gasteiger partial charge in [-0.1, -0.05) is 18.2 Å². The highest BCUT2D eigenvalue weighted by atomic mass is 32.2. The Morgan fingerprint density at radius 2 is 2.04 bits per heavy atom. The summed E-state index contributed by atoms with van der Waals surface area (Å²) in [6.45, 7) is 1.90. The minimum Gasteiger partial charge on any atom is -0.508 e. The van der Waals surface area contributed by atoms with Crippen LogP contribution in [0.2, 0.25) is 0 Å². The molecule has 0 saturated carbocycles. The molecule has 0 radical (unpaired) electrons. The number of phenols is 1. The summed E-state index contributed by atoms with van der Waals surface area (Å²) in [4.78, 5) is 23.2. The summed E-state index contributed by atoms with van der Waals surface area (Å²) in [5.74, 6) is 0.622. The van der Waals surface area contributed by atoms with Crippen LogP contribution in [-0.2, 0) is 4.79 Å². The number of aryl methyl sites for hydroxylation is 1. The summed E-state index contributed by atoms with van der Waals surface area (Å²) in [7, 11) is 1.69. The minimum atomic E-state index is -0.121. The highest BCUT2D eigenvalue weighted by Gasteiger charge is 2.30. The van der Waals surface area contributed by atoms with E-state index in [-0.39, 0.29) is 11.7 Å². The molecule has 6 heteroatoms. The number of amidine groups is 1. The predicted molar refractivity (Wildman–Crippen MR) is 92.5 cm³/mol. The van der Waals surface area contributed by atoms with E-state index in [1.54, 1.807) is 37.4 Å². The molecule has 5 nitrogen and oxygen atoms in total. The summed E-state index contributed by atoms with van der Waals surface area (Å²) in [5.41, 5.74) is 1.64. The van der Waals surface area contributed by atoms with E-state index in [4.69, 9.17) is 0 Å². The smallest absolute Gasteiger partial charge is 0.266 e. The number of phenolic OH excluding ortho intramolecular Hbond substituents is 1. The lowest BCUT2D eigenvalue weighted by Crippen LogP contribution is -2.23. The van der Waals surface area contributed by atoms with Gasteiger partial charge in [0, 0.05) is 12.7 Å². The zero-order valence-electron chi connectivity index (χ0n) is 12.7. The molecule has 23 heavy (non-hydrogen) atoms. The molecule has 0 atom stereocenters. The van der Waals surface area contributed by atoms with E-state index >= 15 is 0 Å². The van der Waals surface area contributed by atoms with Gasteiger partial charge in [0.15, 0.2) is 11.0 Å². The van der Waals surface area contributed by atoms with Gasteiger partial charge in [0.2, 0.25) is 0 Å². The van der Waals surface area contributed by atoms with Crippen molar-refractivity contribution in [3.05, 3.63) is 58.6 Å². The fraction of sp³-hybridized carbons (Fsp3) is 0.118. The quantitative estimate of drug-likeness (QED) is 0.860. The van der Waals surface area contributed by atoms with E-state index in [0.717, 1.165) is 11.3 Å². The number of thioether (sulfide) groups is 1. The van der Waals surface area contributed by atoms with E-state index in [2.05, 4.69) is 9.98 Å². The van der Waals surface area contributed by atoms with Crippen LogP contribution < -0.4 is 0 Å². The van der Waals surface area contributed by atoms with Gasteiger partial charge in [-0.15, -0.1) is 0 Å². The zero-order chi connectivity index (χ0) is 16.4. The Morgan fingerprint density at radius 3 is 2.78 bits per heavy atom. The van der Waals surface area contributed by atoms with Crippen LogP contribution in [0.1, 0.15) is 11.3 Å². The summed E-state index contributed by atoms with van der Waals surface area (Å²) in [6.07, 6.45) is 1.75. The first-order chi connectivity index (χ1) is 11.0. The lowest BCUT2D eigenvalue weighted by molar-refractivity contribution is -0.121. The third-order valence-electron chi connectivity index (χ3n) is 3.26. The third kappa shape index (κ3) is 3.43. The van der Waals surface area contributed by atoms with Crippen molar-refractivity contribution in [1.29, 1.82) is 0 Å². The van der Waals surface area contributed by atoms with Crippen LogP contribution in [0.15, 0.2) is 52.4 Å². The average molecular weight is 325 g/mol. The number of hydrogen-bond acceptors (Lipinski definition) is 5. The Balaban J connectivity index is 1.91. The lowest BCUT2D eigenvalue weighted by atomic mass is 10.2. The van der Waals surface area contributed by atoms with Crippen LogP contribution in [0.5, 0.6) is 5.75 Å². The molecule has 116 valence electrons. The van der Waals surface area contributed by atoms with Gasteiger partial charge in [0.1, 0.15) is 5.75 Å². The highest BCUT2D eigenvalue weighted by Crippen LogP contribution is 2.33. The first-order valence-corrected chi connectivity index (χ1v) is 7.83.